The Morgan fingerprint density at radius 2 is 2.32 bits per heavy atom. The molecule has 5 nitrogen and oxygen atoms in total. The highest BCUT2D eigenvalue weighted by Crippen LogP contribution is 2.17. The summed E-state index contributed by atoms with van der Waals surface area (Å²) in [5.74, 6) is 0.187. The molecule has 6 heteroatoms. The predicted molar refractivity (Wildman–Crippen MR) is 87.8 cm³/mol. The van der Waals surface area contributed by atoms with Crippen LogP contribution in [-0.4, -0.2) is 41.3 Å². The van der Waals surface area contributed by atoms with Crippen molar-refractivity contribution in [3.63, 3.8) is 0 Å². The molecule has 0 radical (unpaired) electrons. The van der Waals surface area contributed by atoms with E-state index in [0.717, 1.165) is 42.9 Å². The van der Waals surface area contributed by atoms with Crippen molar-refractivity contribution in [1.29, 1.82) is 0 Å². The third-order valence-corrected chi connectivity index (χ3v) is 5.01. The Balaban J connectivity index is 1.69. The number of carbonyl (C=O) groups excluding carboxylic acids is 2. The Hall–Kier alpha value is -1.43. The molecule has 1 aromatic rings. The molecule has 2 rings (SSSR count). The van der Waals surface area contributed by atoms with Gasteiger partial charge in [0, 0.05) is 43.5 Å². The molecule has 1 aliphatic heterocycles. The minimum atomic E-state index is -0.0497. The molecule has 2 amide bonds. The molecular formula is C16H25N3O2S. The Morgan fingerprint density at radius 1 is 1.50 bits per heavy atom. The average molecular weight is 323 g/mol. The van der Waals surface area contributed by atoms with Crippen molar-refractivity contribution in [2.75, 3.05) is 19.6 Å². The Labute approximate surface area is 136 Å². The van der Waals surface area contributed by atoms with Crippen molar-refractivity contribution in [2.45, 2.75) is 46.0 Å². The third kappa shape index (κ3) is 4.80. The van der Waals surface area contributed by atoms with Crippen molar-refractivity contribution >= 4 is 23.2 Å². The number of rotatable bonds is 6. The lowest BCUT2D eigenvalue weighted by molar-refractivity contribution is -0.135. The summed E-state index contributed by atoms with van der Waals surface area (Å²) in [7, 11) is 0. The summed E-state index contributed by atoms with van der Waals surface area (Å²) in [6.07, 6.45) is 4.13. The smallest absolute Gasteiger partial charge is 0.224 e. The van der Waals surface area contributed by atoms with Crippen LogP contribution in [0.5, 0.6) is 0 Å². The zero-order chi connectivity index (χ0) is 15.9. The second-order valence-electron chi connectivity index (χ2n) is 5.81. The van der Waals surface area contributed by atoms with Gasteiger partial charge in [-0.2, -0.15) is 0 Å². The Kier molecular flexibility index (Phi) is 6.36. The van der Waals surface area contributed by atoms with Gasteiger partial charge >= 0.3 is 0 Å². The molecule has 0 unspecified atom stereocenters. The van der Waals surface area contributed by atoms with Crippen LogP contribution in [0.3, 0.4) is 0 Å². The first-order valence-electron chi connectivity index (χ1n) is 8.06. The van der Waals surface area contributed by atoms with Crippen LogP contribution in [0.4, 0.5) is 0 Å². The van der Waals surface area contributed by atoms with Crippen LogP contribution in [0.25, 0.3) is 0 Å². The first kappa shape index (κ1) is 16.9. The van der Waals surface area contributed by atoms with Gasteiger partial charge in [0.25, 0.3) is 0 Å². The van der Waals surface area contributed by atoms with Crippen LogP contribution in [0.15, 0.2) is 5.38 Å². The lowest BCUT2D eigenvalue weighted by Gasteiger charge is -2.31. The number of aromatic nitrogens is 1. The quantitative estimate of drug-likeness (QED) is 0.816. The summed E-state index contributed by atoms with van der Waals surface area (Å²) in [5.41, 5.74) is 1.06. The Morgan fingerprint density at radius 3 is 3.00 bits per heavy atom. The Bertz CT molecular complexity index is 515. The van der Waals surface area contributed by atoms with Crippen molar-refractivity contribution in [3.05, 3.63) is 16.1 Å². The maximum absolute atomic E-state index is 12.2. The number of amides is 2. The minimum absolute atomic E-state index is 0.0497. The van der Waals surface area contributed by atoms with Gasteiger partial charge in [0.15, 0.2) is 0 Å². The first-order valence-corrected chi connectivity index (χ1v) is 8.94. The zero-order valence-corrected chi connectivity index (χ0v) is 14.2. The molecule has 1 aromatic heterocycles. The molecule has 22 heavy (non-hydrogen) atoms. The van der Waals surface area contributed by atoms with Crippen LogP contribution in [0.1, 0.15) is 43.3 Å². The highest BCUT2D eigenvalue weighted by atomic mass is 32.1. The fourth-order valence-electron chi connectivity index (χ4n) is 2.75. The highest BCUT2D eigenvalue weighted by Gasteiger charge is 2.27. The molecule has 2 heterocycles. The molecule has 0 aliphatic carbocycles. The van der Waals surface area contributed by atoms with Crippen molar-refractivity contribution in [2.24, 2.45) is 5.92 Å². The highest BCUT2D eigenvalue weighted by molar-refractivity contribution is 7.09. The number of carbonyl (C=O) groups is 2. The van der Waals surface area contributed by atoms with E-state index in [1.807, 2.05) is 18.7 Å². The number of likely N-dealkylation sites (tertiary alicyclic amines) is 1. The molecule has 0 saturated carbocycles. The first-order chi connectivity index (χ1) is 10.6. The molecule has 1 fully saturated rings. The monoisotopic (exact) mass is 323 g/mol. The van der Waals surface area contributed by atoms with Crippen molar-refractivity contribution in [1.82, 2.24) is 15.2 Å². The van der Waals surface area contributed by atoms with Gasteiger partial charge in [-0.05, 0) is 26.2 Å². The second kappa shape index (κ2) is 8.27. The fraction of sp³-hybridized carbons (Fsp3) is 0.688. The lowest BCUT2D eigenvalue weighted by Crippen LogP contribution is -2.45. The summed E-state index contributed by atoms with van der Waals surface area (Å²) in [6, 6.07) is 0. The van der Waals surface area contributed by atoms with Crippen LogP contribution in [0, 0.1) is 12.8 Å². The van der Waals surface area contributed by atoms with E-state index in [1.165, 1.54) is 0 Å². The molecule has 1 aliphatic rings. The predicted octanol–water partition coefficient (Wildman–Crippen LogP) is 2.15. The molecule has 1 N–H and O–H groups in total. The van der Waals surface area contributed by atoms with Gasteiger partial charge in [0.05, 0.1) is 10.9 Å². The van der Waals surface area contributed by atoms with Crippen LogP contribution in [-0.2, 0) is 16.0 Å². The van der Waals surface area contributed by atoms with Crippen molar-refractivity contribution < 1.29 is 9.59 Å². The van der Waals surface area contributed by atoms with E-state index in [4.69, 9.17) is 0 Å². The average Bonchev–Trinajstić information content (AvgIpc) is 2.96. The number of thiazole rings is 1. The van der Waals surface area contributed by atoms with Gasteiger partial charge < -0.3 is 10.2 Å². The van der Waals surface area contributed by atoms with E-state index in [0.29, 0.717) is 19.5 Å². The van der Waals surface area contributed by atoms with Gasteiger partial charge in [0.2, 0.25) is 11.8 Å². The number of aryl methyl sites for hydroxylation is 2. The summed E-state index contributed by atoms with van der Waals surface area (Å²) < 4.78 is 0. The summed E-state index contributed by atoms with van der Waals surface area (Å²) in [5, 5.41) is 6.19. The maximum atomic E-state index is 12.2. The number of piperidine rings is 1. The maximum Gasteiger partial charge on any atom is 0.224 e. The number of hydrogen-bond acceptors (Lipinski definition) is 4. The molecule has 1 saturated heterocycles. The lowest BCUT2D eigenvalue weighted by atomic mass is 9.97. The van der Waals surface area contributed by atoms with Gasteiger partial charge in [-0.15, -0.1) is 11.3 Å². The molecule has 0 spiro atoms. The standard InChI is InChI=1S/C16H25N3O2S/c1-3-15(20)19-9-5-6-13(10-19)16(21)17-8-4-7-14-18-12(2)11-22-14/h11,13H,3-10H2,1-2H3,(H,17,21)/t13-/m1/s1. The van der Waals surface area contributed by atoms with E-state index < -0.39 is 0 Å². The van der Waals surface area contributed by atoms with Gasteiger partial charge in [0.1, 0.15) is 0 Å². The van der Waals surface area contributed by atoms with Crippen LogP contribution < -0.4 is 5.32 Å². The molecule has 0 bridgehead atoms. The SMILES string of the molecule is CCC(=O)N1CCC[C@@H](C(=O)NCCCc2nc(C)cs2)C1. The van der Waals surface area contributed by atoms with E-state index in [-0.39, 0.29) is 17.7 Å². The zero-order valence-electron chi connectivity index (χ0n) is 13.4. The van der Waals surface area contributed by atoms with E-state index >= 15 is 0 Å². The summed E-state index contributed by atoms with van der Waals surface area (Å²) >= 11 is 1.67. The van der Waals surface area contributed by atoms with Gasteiger partial charge in [-0.3, -0.25) is 9.59 Å². The topological polar surface area (TPSA) is 62.3 Å². The number of hydrogen-bond donors (Lipinski definition) is 1. The van der Waals surface area contributed by atoms with E-state index in [1.54, 1.807) is 11.3 Å². The minimum Gasteiger partial charge on any atom is -0.356 e. The molecule has 0 aromatic carbocycles. The summed E-state index contributed by atoms with van der Waals surface area (Å²) in [6.45, 7) is 5.90. The fourth-order valence-corrected chi connectivity index (χ4v) is 3.57. The molecule has 1 atom stereocenters. The molecule has 122 valence electrons. The second-order valence-corrected chi connectivity index (χ2v) is 6.75. The van der Waals surface area contributed by atoms with Gasteiger partial charge in [-0.1, -0.05) is 6.92 Å². The summed E-state index contributed by atoms with van der Waals surface area (Å²) in [4.78, 5) is 30.2. The largest absolute Gasteiger partial charge is 0.356 e. The van der Waals surface area contributed by atoms with Gasteiger partial charge in [-0.25, -0.2) is 4.98 Å². The molecular weight excluding hydrogens is 298 g/mol. The normalized spacial score (nSPS) is 18.3. The third-order valence-electron chi connectivity index (χ3n) is 3.98. The van der Waals surface area contributed by atoms with Crippen LogP contribution >= 0.6 is 11.3 Å². The number of nitrogens with one attached hydrogen (secondary N) is 1. The number of nitrogens with zero attached hydrogens (tertiary/aromatic N) is 2. The van der Waals surface area contributed by atoms with Crippen LogP contribution in [0.2, 0.25) is 0 Å². The van der Waals surface area contributed by atoms with Crippen molar-refractivity contribution in [3.8, 4) is 0 Å². The van der Waals surface area contributed by atoms with E-state index in [9.17, 15) is 9.59 Å². The van der Waals surface area contributed by atoms with E-state index in [2.05, 4.69) is 15.7 Å².